The van der Waals surface area contributed by atoms with Crippen LogP contribution in [-0.2, 0) is 7.05 Å². The van der Waals surface area contributed by atoms with Crippen LogP contribution in [0.2, 0.25) is 0 Å². The molecule has 5 rings (SSSR count). The summed E-state index contributed by atoms with van der Waals surface area (Å²) in [5, 5.41) is 5.20. The number of nitrogens with zero attached hydrogens (tertiary/aromatic N) is 4. The number of hydrogen-bond donors (Lipinski definition) is 0. The number of aryl methyl sites for hydroxylation is 1. The Morgan fingerprint density at radius 3 is 2.50 bits per heavy atom. The highest BCUT2D eigenvalue weighted by Crippen LogP contribution is 2.36. The number of hydrogen-bond acceptors (Lipinski definition) is 4. The molecule has 0 bridgehead atoms. The van der Waals surface area contributed by atoms with Gasteiger partial charge in [-0.25, -0.2) is 14.4 Å². The maximum atomic E-state index is 13.4. The molecular formula is C22H15FN4O. The summed E-state index contributed by atoms with van der Waals surface area (Å²) in [5.74, 6) is 0.448. The summed E-state index contributed by atoms with van der Waals surface area (Å²) in [7, 11) is 1.85. The van der Waals surface area contributed by atoms with E-state index in [-0.39, 0.29) is 5.82 Å². The lowest BCUT2D eigenvalue weighted by molar-refractivity contribution is 0.617. The van der Waals surface area contributed by atoms with Gasteiger partial charge in [0.15, 0.2) is 0 Å². The molecular weight excluding hydrogens is 355 g/mol. The quantitative estimate of drug-likeness (QED) is 0.443. The van der Waals surface area contributed by atoms with Crippen LogP contribution in [0.4, 0.5) is 4.39 Å². The average Bonchev–Trinajstić information content (AvgIpc) is 3.33. The van der Waals surface area contributed by atoms with Crippen LogP contribution in [-0.4, -0.2) is 19.7 Å². The van der Waals surface area contributed by atoms with Crippen LogP contribution in [0.15, 0.2) is 77.6 Å². The maximum Gasteiger partial charge on any atom is 0.230 e. The Morgan fingerprint density at radius 1 is 0.929 bits per heavy atom. The number of benzene rings is 2. The minimum absolute atomic E-state index is 0.278. The van der Waals surface area contributed by atoms with Crippen LogP contribution in [0.5, 0.6) is 0 Å². The lowest BCUT2D eigenvalue weighted by atomic mass is 10.0. The molecule has 3 aromatic heterocycles. The van der Waals surface area contributed by atoms with Crippen LogP contribution in [0.1, 0.15) is 0 Å². The number of aromatic nitrogens is 4. The highest BCUT2D eigenvalue weighted by Gasteiger charge is 2.19. The molecule has 136 valence electrons. The van der Waals surface area contributed by atoms with Crippen molar-refractivity contribution < 1.29 is 8.81 Å². The van der Waals surface area contributed by atoms with Crippen LogP contribution in [0.25, 0.3) is 44.9 Å². The molecule has 2 aromatic carbocycles. The predicted octanol–water partition coefficient (Wildman–Crippen LogP) is 5.10. The van der Waals surface area contributed by atoms with E-state index >= 15 is 0 Å². The van der Waals surface area contributed by atoms with E-state index in [4.69, 9.17) is 4.42 Å². The molecule has 0 aliphatic carbocycles. The van der Waals surface area contributed by atoms with Crippen molar-refractivity contribution in [2.24, 2.45) is 7.05 Å². The number of rotatable bonds is 3. The van der Waals surface area contributed by atoms with Gasteiger partial charge in [-0.1, -0.05) is 30.3 Å². The van der Waals surface area contributed by atoms with Crippen LogP contribution < -0.4 is 0 Å². The molecule has 6 heteroatoms. The average molecular weight is 370 g/mol. The van der Waals surface area contributed by atoms with Gasteiger partial charge < -0.3 is 4.42 Å². The van der Waals surface area contributed by atoms with Gasteiger partial charge in [-0.2, -0.15) is 5.10 Å². The van der Waals surface area contributed by atoms with E-state index < -0.39 is 0 Å². The number of halogens is 1. The summed E-state index contributed by atoms with van der Waals surface area (Å²) in [5.41, 5.74) is 4.75. The summed E-state index contributed by atoms with van der Waals surface area (Å²) >= 11 is 0. The third-order valence-electron chi connectivity index (χ3n) is 4.70. The first kappa shape index (κ1) is 16.4. The van der Waals surface area contributed by atoms with Gasteiger partial charge in [-0.3, -0.25) is 4.68 Å². The van der Waals surface area contributed by atoms with Gasteiger partial charge >= 0.3 is 0 Å². The Kier molecular flexibility index (Phi) is 3.76. The molecule has 0 spiro atoms. The van der Waals surface area contributed by atoms with Gasteiger partial charge in [0.05, 0.1) is 23.0 Å². The zero-order valence-corrected chi connectivity index (χ0v) is 15.0. The van der Waals surface area contributed by atoms with Crippen LogP contribution in [0.3, 0.4) is 0 Å². The molecule has 0 aliphatic heterocycles. The van der Waals surface area contributed by atoms with Crippen molar-refractivity contribution in [3.05, 3.63) is 79.0 Å². The second-order valence-electron chi connectivity index (χ2n) is 6.46. The maximum absolute atomic E-state index is 13.4. The minimum Gasteiger partial charge on any atom is -0.438 e. The normalized spacial score (nSPS) is 11.2. The van der Waals surface area contributed by atoms with E-state index in [1.165, 1.54) is 18.5 Å². The molecule has 0 N–H and O–H groups in total. The Balaban J connectivity index is 1.71. The minimum atomic E-state index is -0.278. The number of furan rings is 1. The molecule has 0 amide bonds. The van der Waals surface area contributed by atoms with Gasteiger partial charge in [0, 0.05) is 23.7 Å². The summed E-state index contributed by atoms with van der Waals surface area (Å²) in [6, 6.07) is 18.1. The fourth-order valence-corrected chi connectivity index (χ4v) is 3.38. The Hall–Kier alpha value is -3.80. The van der Waals surface area contributed by atoms with E-state index in [9.17, 15) is 4.39 Å². The fraction of sp³-hybridized carbons (Fsp3) is 0.0455. The Labute approximate surface area is 160 Å². The second-order valence-corrected chi connectivity index (χ2v) is 6.46. The first-order valence-electron chi connectivity index (χ1n) is 8.79. The van der Waals surface area contributed by atoms with Gasteiger partial charge in [0.1, 0.15) is 17.9 Å². The predicted molar refractivity (Wildman–Crippen MR) is 105 cm³/mol. The largest absolute Gasteiger partial charge is 0.438 e. The standard InChI is InChI=1S/C22H15FN4O/c1-27-21(15-7-9-16(23)10-8-15)18(12-26-27)20-17-11-19(14-5-3-2-4-6-14)28-22(17)25-13-24-20/h2-13H,1H3. The zero-order chi connectivity index (χ0) is 19.1. The summed E-state index contributed by atoms with van der Waals surface area (Å²) in [6.45, 7) is 0. The van der Waals surface area contributed by atoms with Gasteiger partial charge in [0.2, 0.25) is 5.71 Å². The Morgan fingerprint density at radius 2 is 1.71 bits per heavy atom. The van der Waals surface area contributed by atoms with Crippen molar-refractivity contribution in [3.63, 3.8) is 0 Å². The molecule has 28 heavy (non-hydrogen) atoms. The molecule has 5 nitrogen and oxygen atoms in total. The summed E-state index contributed by atoms with van der Waals surface area (Å²) in [6.07, 6.45) is 3.24. The topological polar surface area (TPSA) is 56.7 Å². The van der Waals surface area contributed by atoms with Gasteiger partial charge in [-0.05, 0) is 30.3 Å². The van der Waals surface area contributed by atoms with E-state index in [2.05, 4.69) is 15.1 Å². The molecule has 0 radical (unpaired) electrons. The molecule has 0 saturated heterocycles. The van der Waals surface area contributed by atoms with Gasteiger partial charge in [0.25, 0.3) is 0 Å². The molecule has 3 heterocycles. The fourth-order valence-electron chi connectivity index (χ4n) is 3.38. The van der Waals surface area contributed by atoms with E-state index in [1.807, 2.05) is 43.4 Å². The monoisotopic (exact) mass is 370 g/mol. The molecule has 0 saturated carbocycles. The zero-order valence-electron chi connectivity index (χ0n) is 15.0. The van der Waals surface area contributed by atoms with Crippen molar-refractivity contribution in [1.29, 1.82) is 0 Å². The highest BCUT2D eigenvalue weighted by molar-refractivity contribution is 5.96. The van der Waals surface area contributed by atoms with Crippen molar-refractivity contribution in [2.75, 3.05) is 0 Å². The number of fused-ring (bicyclic) bond motifs is 1. The van der Waals surface area contributed by atoms with Crippen molar-refractivity contribution in [2.45, 2.75) is 0 Å². The summed E-state index contributed by atoms with van der Waals surface area (Å²) in [4.78, 5) is 8.78. The lowest BCUT2D eigenvalue weighted by Gasteiger charge is -2.06. The Bertz CT molecular complexity index is 1270. The highest BCUT2D eigenvalue weighted by atomic mass is 19.1. The molecule has 0 aliphatic rings. The van der Waals surface area contributed by atoms with Crippen molar-refractivity contribution in [1.82, 2.24) is 19.7 Å². The second kappa shape index (κ2) is 6.42. The molecule has 0 fully saturated rings. The first-order chi connectivity index (χ1) is 13.7. The van der Waals surface area contributed by atoms with Crippen molar-refractivity contribution >= 4 is 11.1 Å². The smallest absolute Gasteiger partial charge is 0.230 e. The van der Waals surface area contributed by atoms with Crippen molar-refractivity contribution in [3.8, 4) is 33.8 Å². The summed E-state index contributed by atoms with van der Waals surface area (Å²) < 4.78 is 21.1. The van der Waals surface area contributed by atoms with Crippen LogP contribution >= 0.6 is 0 Å². The van der Waals surface area contributed by atoms with Gasteiger partial charge in [-0.15, -0.1) is 0 Å². The van der Waals surface area contributed by atoms with E-state index in [0.29, 0.717) is 5.71 Å². The van der Waals surface area contributed by atoms with E-state index in [1.54, 1.807) is 23.0 Å². The third-order valence-corrected chi connectivity index (χ3v) is 4.70. The third kappa shape index (κ3) is 2.66. The SMILES string of the molecule is Cn1ncc(-c2ncnc3oc(-c4ccccc4)cc23)c1-c1ccc(F)cc1. The van der Waals surface area contributed by atoms with E-state index in [0.717, 1.165) is 39.2 Å². The molecule has 5 aromatic rings. The van der Waals surface area contributed by atoms with Crippen LogP contribution in [0, 0.1) is 5.82 Å². The molecule has 0 atom stereocenters. The molecule has 0 unspecified atom stereocenters. The first-order valence-corrected chi connectivity index (χ1v) is 8.79. The lowest BCUT2D eigenvalue weighted by Crippen LogP contribution is -1.95.